The van der Waals surface area contributed by atoms with Gasteiger partial charge in [0.05, 0.1) is 6.26 Å². The maximum atomic E-state index is 8.55. The summed E-state index contributed by atoms with van der Waals surface area (Å²) in [6, 6.07) is 0. The Morgan fingerprint density at radius 3 is 2.67 bits per heavy atom. The fourth-order valence-electron chi connectivity index (χ4n) is 0.743. The smallest absolute Gasteiger partial charge is 0.108 e. The van der Waals surface area contributed by atoms with E-state index in [0.717, 1.165) is 24.0 Å². The van der Waals surface area contributed by atoms with Crippen LogP contribution in [0.25, 0.3) is 0 Å². The highest BCUT2D eigenvalue weighted by atomic mass is 16.5. The van der Waals surface area contributed by atoms with Gasteiger partial charge in [-0.2, -0.15) is 0 Å². The highest BCUT2D eigenvalue weighted by Gasteiger charge is 1.89. The SMILES string of the molecule is C=C(C)COC=C(C)CCCO. The van der Waals surface area contributed by atoms with Gasteiger partial charge in [-0.1, -0.05) is 6.58 Å². The lowest BCUT2D eigenvalue weighted by atomic mass is 10.2. The van der Waals surface area contributed by atoms with E-state index in [4.69, 9.17) is 9.84 Å². The first kappa shape index (κ1) is 11.2. The maximum absolute atomic E-state index is 8.55. The molecule has 0 fully saturated rings. The van der Waals surface area contributed by atoms with E-state index in [2.05, 4.69) is 6.58 Å². The molecule has 0 rings (SSSR count). The Morgan fingerprint density at radius 1 is 1.50 bits per heavy atom. The number of aliphatic hydroxyl groups excluding tert-OH is 1. The van der Waals surface area contributed by atoms with Crippen LogP contribution >= 0.6 is 0 Å². The van der Waals surface area contributed by atoms with Crippen molar-refractivity contribution in [3.8, 4) is 0 Å². The Balaban J connectivity index is 3.47. The summed E-state index contributed by atoms with van der Waals surface area (Å²) in [5.74, 6) is 0. The summed E-state index contributed by atoms with van der Waals surface area (Å²) in [4.78, 5) is 0. The number of rotatable bonds is 6. The monoisotopic (exact) mass is 170 g/mol. The van der Waals surface area contributed by atoms with E-state index in [1.54, 1.807) is 6.26 Å². The molecule has 0 saturated carbocycles. The van der Waals surface area contributed by atoms with Crippen LogP contribution in [0.4, 0.5) is 0 Å². The van der Waals surface area contributed by atoms with Crippen molar-refractivity contribution in [2.24, 2.45) is 0 Å². The second-order valence-electron chi connectivity index (χ2n) is 3.06. The number of hydrogen-bond acceptors (Lipinski definition) is 2. The molecule has 0 saturated heterocycles. The molecule has 70 valence electrons. The molecule has 2 nitrogen and oxygen atoms in total. The summed E-state index contributed by atoms with van der Waals surface area (Å²) in [5.41, 5.74) is 2.17. The Bertz CT molecular complexity index is 159. The molecule has 0 atom stereocenters. The first-order chi connectivity index (χ1) is 5.66. The lowest BCUT2D eigenvalue weighted by Gasteiger charge is -2.02. The maximum Gasteiger partial charge on any atom is 0.108 e. The summed E-state index contributed by atoms with van der Waals surface area (Å²) in [6.45, 7) is 8.46. The molecule has 0 radical (unpaired) electrons. The third kappa shape index (κ3) is 7.35. The molecular formula is C10H18O2. The second kappa shape index (κ2) is 6.92. The first-order valence-electron chi connectivity index (χ1n) is 4.19. The first-order valence-corrected chi connectivity index (χ1v) is 4.19. The molecule has 0 bridgehead atoms. The standard InChI is InChI=1S/C10H18O2/c1-9(2)7-12-8-10(3)5-4-6-11/h8,11H,1,4-7H2,2-3H3. The zero-order chi connectivity index (χ0) is 9.40. The van der Waals surface area contributed by atoms with Gasteiger partial charge in [0.2, 0.25) is 0 Å². The van der Waals surface area contributed by atoms with Gasteiger partial charge in [-0.3, -0.25) is 0 Å². The third-order valence-electron chi connectivity index (χ3n) is 1.34. The summed E-state index contributed by atoms with van der Waals surface area (Å²) >= 11 is 0. The molecule has 0 spiro atoms. The van der Waals surface area contributed by atoms with Crippen LogP contribution in [0.2, 0.25) is 0 Å². The topological polar surface area (TPSA) is 29.5 Å². The molecule has 1 N–H and O–H groups in total. The van der Waals surface area contributed by atoms with E-state index >= 15 is 0 Å². The predicted molar refractivity (Wildman–Crippen MR) is 50.8 cm³/mol. The quantitative estimate of drug-likeness (QED) is 0.489. The average Bonchev–Trinajstić information content (AvgIpc) is 2.00. The van der Waals surface area contributed by atoms with Gasteiger partial charge in [-0.05, 0) is 37.8 Å². The van der Waals surface area contributed by atoms with Gasteiger partial charge in [0.25, 0.3) is 0 Å². The molecule has 0 unspecified atom stereocenters. The molecule has 0 aromatic heterocycles. The molecule has 0 amide bonds. The van der Waals surface area contributed by atoms with E-state index in [1.165, 1.54) is 0 Å². The highest BCUT2D eigenvalue weighted by Crippen LogP contribution is 2.03. The van der Waals surface area contributed by atoms with Gasteiger partial charge in [0, 0.05) is 6.61 Å². The Hall–Kier alpha value is -0.760. The van der Waals surface area contributed by atoms with Crippen LogP contribution in [0.3, 0.4) is 0 Å². The van der Waals surface area contributed by atoms with Gasteiger partial charge in [-0.25, -0.2) is 0 Å². The Morgan fingerprint density at radius 2 is 2.17 bits per heavy atom. The van der Waals surface area contributed by atoms with Crippen LogP contribution in [-0.2, 0) is 4.74 Å². The van der Waals surface area contributed by atoms with Gasteiger partial charge in [-0.15, -0.1) is 0 Å². The van der Waals surface area contributed by atoms with Crippen molar-refractivity contribution in [3.05, 3.63) is 24.0 Å². The van der Waals surface area contributed by atoms with E-state index in [-0.39, 0.29) is 6.61 Å². The highest BCUT2D eigenvalue weighted by molar-refractivity contribution is 4.95. The average molecular weight is 170 g/mol. The lowest BCUT2D eigenvalue weighted by Crippen LogP contribution is -1.90. The normalized spacial score (nSPS) is 11.4. The molecule has 0 aromatic rings. The van der Waals surface area contributed by atoms with E-state index in [9.17, 15) is 0 Å². The van der Waals surface area contributed by atoms with Crippen LogP contribution in [0.5, 0.6) is 0 Å². The Labute approximate surface area is 74.6 Å². The number of hydrogen-bond donors (Lipinski definition) is 1. The van der Waals surface area contributed by atoms with Crippen LogP contribution in [0, 0.1) is 0 Å². The van der Waals surface area contributed by atoms with Crippen LogP contribution in [0.1, 0.15) is 26.7 Å². The van der Waals surface area contributed by atoms with E-state index < -0.39 is 0 Å². The zero-order valence-corrected chi connectivity index (χ0v) is 7.97. The fraction of sp³-hybridized carbons (Fsp3) is 0.600. The lowest BCUT2D eigenvalue weighted by molar-refractivity contribution is 0.271. The summed E-state index contributed by atoms with van der Waals surface area (Å²) in [7, 11) is 0. The molecular weight excluding hydrogens is 152 g/mol. The number of aliphatic hydroxyl groups is 1. The van der Waals surface area contributed by atoms with Crippen molar-refractivity contribution in [2.45, 2.75) is 26.7 Å². The van der Waals surface area contributed by atoms with Gasteiger partial charge >= 0.3 is 0 Å². The molecule has 12 heavy (non-hydrogen) atoms. The van der Waals surface area contributed by atoms with Crippen LogP contribution in [0.15, 0.2) is 24.0 Å². The van der Waals surface area contributed by atoms with Crippen LogP contribution in [-0.4, -0.2) is 18.3 Å². The van der Waals surface area contributed by atoms with Crippen molar-refractivity contribution in [3.63, 3.8) is 0 Å². The summed E-state index contributed by atoms with van der Waals surface area (Å²) in [6.07, 6.45) is 3.44. The van der Waals surface area contributed by atoms with E-state index in [0.29, 0.717) is 6.61 Å². The van der Waals surface area contributed by atoms with Crippen molar-refractivity contribution in [1.82, 2.24) is 0 Å². The number of ether oxygens (including phenoxy) is 1. The minimum Gasteiger partial charge on any atom is -0.497 e. The molecule has 0 heterocycles. The molecule has 0 aliphatic carbocycles. The minimum absolute atomic E-state index is 0.242. The van der Waals surface area contributed by atoms with E-state index in [1.807, 2.05) is 13.8 Å². The molecule has 0 aromatic carbocycles. The van der Waals surface area contributed by atoms with Crippen LogP contribution < -0.4 is 0 Å². The van der Waals surface area contributed by atoms with Crippen molar-refractivity contribution >= 4 is 0 Å². The predicted octanol–water partition coefficient (Wildman–Crippen LogP) is 2.26. The van der Waals surface area contributed by atoms with Crippen molar-refractivity contribution in [2.75, 3.05) is 13.2 Å². The largest absolute Gasteiger partial charge is 0.497 e. The zero-order valence-electron chi connectivity index (χ0n) is 7.97. The van der Waals surface area contributed by atoms with Gasteiger partial charge in [0.1, 0.15) is 6.61 Å². The second-order valence-corrected chi connectivity index (χ2v) is 3.06. The Kier molecular flexibility index (Phi) is 6.48. The summed E-state index contributed by atoms with van der Waals surface area (Å²) < 4.78 is 5.21. The van der Waals surface area contributed by atoms with Gasteiger partial charge in [0.15, 0.2) is 0 Å². The van der Waals surface area contributed by atoms with Crippen molar-refractivity contribution in [1.29, 1.82) is 0 Å². The molecule has 0 aliphatic heterocycles. The number of allylic oxidation sites excluding steroid dienone is 1. The minimum atomic E-state index is 0.242. The van der Waals surface area contributed by atoms with Gasteiger partial charge < -0.3 is 9.84 Å². The van der Waals surface area contributed by atoms with Crippen molar-refractivity contribution < 1.29 is 9.84 Å². The molecule has 2 heteroatoms. The third-order valence-corrected chi connectivity index (χ3v) is 1.34. The molecule has 0 aliphatic rings. The fourth-order valence-corrected chi connectivity index (χ4v) is 0.743. The summed E-state index contributed by atoms with van der Waals surface area (Å²) in [5, 5.41) is 8.55.